The highest BCUT2D eigenvalue weighted by atomic mass is 19.1. The molecule has 1 aromatic rings. The second-order valence-electron chi connectivity index (χ2n) is 4.79. The first kappa shape index (κ1) is 13.5. The van der Waals surface area contributed by atoms with E-state index in [0.29, 0.717) is 6.54 Å². The van der Waals surface area contributed by atoms with Gasteiger partial charge < -0.3 is 5.11 Å². The van der Waals surface area contributed by atoms with Gasteiger partial charge in [-0.15, -0.1) is 0 Å². The van der Waals surface area contributed by atoms with Crippen LogP contribution in [0.25, 0.3) is 0 Å². The number of carboxylic acid groups (broad SMARTS) is 1. The summed E-state index contributed by atoms with van der Waals surface area (Å²) in [6.07, 6.45) is 1.98. The summed E-state index contributed by atoms with van der Waals surface area (Å²) in [4.78, 5) is 12.9. The van der Waals surface area contributed by atoms with Gasteiger partial charge in [0.1, 0.15) is 11.9 Å². The molecule has 1 unspecified atom stereocenters. The number of aliphatic carboxylic acids is 1. The zero-order valence-electron chi connectivity index (χ0n) is 10.5. The lowest BCUT2D eigenvalue weighted by atomic mass is 10.1. The lowest BCUT2D eigenvalue weighted by molar-refractivity contribution is -0.138. The molecule has 1 aliphatic rings. The van der Waals surface area contributed by atoms with Crippen LogP contribution in [0.15, 0.2) is 18.2 Å². The summed E-state index contributed by atoms with van der Waals surface area (Å²) in [6.45, 7) is 1.41. The first-order valence-corrected chi connectivity index (χ1v) is 6.24. The third-order valence-electron chi connectivity index (χ3n) is 3.45. The highest BCUT2D eigenvalue weighted by molar-refractivity contribution is 5.67. The number of carboxylic acids is 1. The first-order chi connectivity index (χ1) is 9.10. The van der Waals surface area contributed by atoms with E-state index < -0.39 is 11.8 Å². The van der Waals surface area contributed by atoms with E-state index in [1.54, 1.807) is 6.07 Å². The summed E-state index contributed by atoms with van der Waals surface area (Å²) in [5, 5.41) is 17.7. The predicted octanol–water partition coefficient (Wildman–Crippen LogP) is 2.14. The second kappa shape index (κ2) is 5.81. The van der Waals surface area contributed by atoms with Gasteiger partial charge in [0.25, 0.3) is 0 Å². The normalized spacial score (nSPS) is 19.3. The molecule has 1 saturated heterocycles. The molecule has 4 nitrogen and oxygen atoms in total. The second-order valence-corrected chi connectivity index (χ2v) is 4.79. The van der Waals surface area contributed by atoms with Crippen molar-refractivity contribution in [2.45, 2.75) is 31.8 Å². The quantitative estimate of drug-likeness (QED) is 0.902. The van der Waals surface area contributed by atoms with Gasteiger partial charge in [0, 0.05) is 12.6 Å². The number of benzene rings is 1. The number of hydrogen-bond acceptors (Lipinski definition) is 3. The number of likely N-dealkylation sites (tertiary alicyclic amines) is 1. The van der Waals surface area contributed by atoms with Crippen molar-refractivity contribution >= 4 is 5.97 Å². The highest BCUT2D eigenvalue weighted by Gasteiger charge is 2.26. The number of hydrogen-bond donors (Lipinski definition) is 1. The molecule has 1 aromatic carbocycles. The van der Waals surface area contributed by atoms with Crippen molar-refractivity contribution in [1.29, 1.82) is 5.26 Å². The van der Waals surface area contributed by atoms with Crippen LogP contribution in [0, 0.1) is 17.1 Å². The van der Waals surface area contributed by atoms with Crippen molar-refractivity contribution in [2.75, 3.05) is 6.54 Å². The van der Waals surface area contributed by atoms with Gasteiger partial charge in [-0.25, -0.2) is 4.39 Å². The lowest BCUT2D eigenvalue weighted by Crippen LogP contribution is -2.30. The first-order valence-electron chi connectivity index (χ1n) is 6.24. The Balaban J connectivity index is 2.08. The molecule has 2 rings (SSSR count). The van der Waals surface area contributed by atoms with Gasteiger partial charge in [-0.05, 0) is 37.1 Å². The maximum Gasteiger partial charge on any atom is 0.304 e. The molecule has 1 fully saturated rings. The van der Waals surface area contributed by atoms with Crippen LogP contribution in [0.5, 0.6) is 0 Å². The molecule has 5 heteroatoms. The van der Waals surface area contributed by atoms with Crippen LogP contribution < -0.4 is 0 Å². The van der Waals surface area contributed by atoms with Crippen LogP contribution >= 0.6 is 0 Å². The summed E-state index contributed by atoms with van der Waals surface area (Å²) in [5.74, 6) is -1.32. The third kappa shape index (κ3) is 3.30. The molecule has 0 radical (unpaired) electrons. The zero-order valence-corrected chi connectivity index (χ0v) is 10.5. The molecule has 1 aliphatic heterocycles. The van der Waals surface area contributed by atoms with E-state index in [0.717, 1.165) is 24.9 Å². The van der Waals surface area contributed by atoms with E-state index in [1.165, 1.54) is 12.1 Å². The molecule has 0 saturated carbocycles. The fourth-order valence-corrected chi connectivity index (χ4v) is 2.53. The average molecular weight is 262 g/mol. The maximum absolute atomic E-state index is 13.2. The molecule has 1 atom stereocenters. The molecule has 1 heterocycles. The topological polar surface area (TPSA) is 64.3 Å². The average Bonchev–Trinajstić information content (AvgIpc) is 2.78. The summed E-state index contributed by atoms with van der Waals surface area (Å²) >= 11 is 0. The van der Waals surface area contributed by atoms with E-state index in [2.05, 4.69) is 4.90 Å². The van der Waals surface area contributed by atoms with Crippen molar-refractivity contribution in [3.05, 3.63) is 35.1 Å². The Kier molecular flexibility index (Phi) is 4.13. The van der Waals surface area contributed by atoms with Crippen molar-refractivity contribution in [3.8, 4) is 6.07 Å². The van der Waals surface area contributed by atoms with E-state index in [9.17, 15) is 9.18 Å². The van der Waals surface area contributed by atoms with Crippen LogP contribution in [-0.2, 0) is 11.3 Å². The number of rotatable bonds is 4. The third-order valence-corrected chi connectivity index (χ3v) is 3.45. The van der Waals surface area contributed by atoms with Gasteiger partial charge in [-0.3, -0.25) is 9.69 Å². The summed E-state index contributed by atoms with van der Waals surface area (Å²) in [5.41, 5.74) is 0.877. The number of carbonyl (C=O) groups is 1. The summed E-state index contributed by atoms with van der Waals surface area (Å²) in [6, 6.07) is 6.32. The molecular weight excluding hydrogens is 247 g/mol. The van der Waals surface area contributed by atoms with Crippen molar-refractivity contribution in [1.82, 2.24) is 4.90 Å². The fraction of sp³-hybridized carbons (Fsp3) is 0.429. The molecule has 100 valence electrons. The summed E-state index contributed by atoms with van der Waals surface area (Å²) in [7, 11) is 0. The van der Waals surface area contributed by atoms with Crippen LogP contribution in [0.4, 0.5) is 4.39 Å². The predicted molar refractivity (Wildman–Crippen MR) is 66.8 cm³/mol. The van der Waals surface area contributed by atoms with Gasteiger partial charge in [0.15, 0.2) is 0 Å². The molecule has 19 heavy (non-hydrogen) atoms. The van der Waals surface area contributed by atoms with E-state index in [4.69, 9.17) is 10.4 Å². The Hall–Kier alpha value is -1.93. The minimum Gasteiger partial charge on any atom is -0.481 e. The van der Waals surface area contributed by atoms with E-state index >= 15 is 0 Å². The van der Waals surface area contributed by atoms with Gasteiger partial charge >= 0.3 is 5.97 Å². The minimum atomic E-state index is -0.797. The molecule has 0 amide bonds. The van der Waals surface area contributed by atoms with Crippen LogP contribution in [0.3, 0.4) is 0 Å². The van der Waals surface area contributed by atoms with Crippen molar-refractivity contribution in [3.63, 3.8) is 0 Å². The minimum absolute atomic E-state index is 0.0338. The lowest BCUT2D eigenvalue weighted by Gasteiger charge is -2.23. The maximum atomic E-state index is 13.2. The standard InChI is InChI=1S/C14H15FN2O2/c15-13-4-3-10(6-11(13)8-16)9-17-5-1-2-12(17)7-14(18)19/h3-4,6,12H,1-2,5,7,9H2,(H,18,19). The Labute approximate surface area is 111 Å². The SMILES string of the molecule is N#Cc1cc(CN2CCCC2CC(=O)O)ccc1F. The van der Waals surface area contributed by atoms with E-state index in [1.807, 2.05) is 6.07 Å². The molecule has 0 aliphatic carbocycles. The van der Waals surface area contributed by atoms with Gasteiger partial charge in [0.05, 0.1) is 12.0 Å². The van der Waals surface area contributed by atoms with Gasteiger partial charge in [-0.2, -0.15) is 5.26 Å². The molecular formula is C14H15FN2O2. The Morgan fingerprint density at radius 1 is 1.58 bits per heavy atom. The number of halogens is 1. The summed E-state index contributed by atoms with van der Waals surface area (Å²) < 4.78 is 13.2. The van der Waals surface area contributed by atoms with E-state index in [-0.39, 0.29) is 18.0 Å². The smallest absolute Gasteiger partial charge is 0.304 e. The molecule has 1 N–H and O–H groups in total. The van der Waals surface area contributed by atoms with Crippen molar-refractivity contribution in [2.24, 2.45) is 0 Å². The fourth-order valence-electron chi connectivity index (χ4n) is 2.53. The Morgan fingerprint density at radius 2 is 2.37 bits per heavy atom. The Bertz CT molecular complexity index is 525. The number of nitrogens with zero attached hydrogens (tertiary/aromatic N) is 2. The molecule has 0 bridgehead atoms. The van der Waals surface area contributed by atoms with Crippen molar-refractivity contribution < 1.29 is 14.3 Å². The Morgan fingerprint density at radius 3 is 3.05 bits per heavy atom. The molecule has 0 spiro atoms. The van der Waals surface area contributed by atoms with Gasteiger partial charge in [-0.1, -0.05) is 6.07 Å². The molecule has 0 aromatic heterocycles. The highest BCUT2D eigenvalue weighted by Crippen LogP contribution is 2.23. The zero-order chi connectivity index (χ0) is 13.8. The van der Waals surface area contributed by atoms with Crippen LogP contribution in [0.2, 0.25) is 0 Å². The largest absolute Gasteiger partial charge is 0.481 e. The van der Waals surface area contributed by atoms with Gasteiger partial charge in [0.2, 0.25) is 0 Å². The van der Waals surface area contributed by atoms with Crippen LogP contribution in [0.1, 0.15) is 30.4 Å². The number of nitriles is 1. The monoisotopic (exact) mass is 262 g/mol. The van der Waals surface area contributed by atoms with Crippen LogP contribution in [-0.4, -0.2) is 28.6 Å².